The summed E-state index contributed by atoms with van der Waals surface area (Å²) in [6.07, 6.45) is -2.88. The van der Waals surface area contributed by atoms with Crippen LogP contribution in [0.4, 0.5) is 4.79 Å². The number of amides is 1. The third kappa shape index (κ3) is 4.86. The molecule has 3 N–H and O–H groups in total. The number of alkyl carbamates (subject to hydrolysis) is 1. The van der Waals surface area contributed by atoms with E-state index in [1.807, 2.05) is 42.5 Å². The Bertz CT molecular complexity index is 1160. The van der Waals surface area contributed by atoms with Gasteiger partial charge < -0.3 is 20.3 Å². The van der Waals surface area contributed by atoms with E-state index in [-0.39, 0.29) is 30.5 Å². The predicted molar refractivity (Wildman–Crippen MR) is 125 cm³/mol. The molecule has 4 rings (SSSR count). The fourth-order valence-electron chi connectivity index (χ4n) is 4.17. The van der Waals surface area contributed by atoms with Crippen molar-refractivity contribution in [2.45, 2.75) is 24.5 Å². The lowest BCUT2D eigenvalue weighted by Crippen LogP contribution is -2.30. The Morgan fingerprint density at radius 3 is 2.30 bits per heavy atom. The molecule has 3 aromatic carbocycles. The smallest absolute Gasteiger partial charge is 0.407 e. The first-order chi connectivity index (χ1) is 16.0. The van der Waals surface area contributed by atoms with E-state index in [0.717, 1.165) is 22.3 Å². The van der Waals surface area contributed by atoms with E-state index in [9.17, 15) is 15.0 Å². The largest absolute Gasteiger partial charge is 0.449 e. The highest BCUT2D eigenvalue weighted by molar-refractivity contribution is 6.31. The molecule has 2 atom stereocenters. The average Bonchev–Trinajstić information content (AvgIpc) is 3.16. The van der Waals surface area contributed by atoms with Crippen molar-refractivity contribution in [3.63, 3.8) is 0 Å². The molecule has 0 bridgehead atoms. The minimum atomic E-state index is -1.24. The predicted octanol–water partition coefficient (Wildman–Crippen LogP) is 4.53. The van der Waals surface area contributed by atoms with Crippen molar-refractivity contribution >= 4 is 17.7 Å². The third-order valence-electron chi connectivity index (χ3n) is 5.87. The van der Waals surface area contributed by atoms with Crippen LogP contribution in [0.25, 0.3) is 11.1 Å². The minimum absolute atomic E-state index is 0.0333. The van der Waals surface area contributed by atoms with E-state index in [1.54, 1.807) is 0 Å². The number of hydrogen-bond donors (Lipinski definition) is 3. The van der Waals surface area contributed by atoms with Gasteiger partial charge in [0.15, 0.2) is 0 Å². The van der Waals surface area contributed by atoms with E-state index in [0.29, 0.717) is 11.1 Å². The summed E-state index contributed by atoms with van der Waals surface area (Å²) in [5.74, 6) is -0.0333. The third-order valence-corrected chi connectivity index (χ3v) is 6.19. The van der Waals surface area contributed by atoms with E-state index in [1.165, 1.54) is 18.2 Å². The second-order valence-electron chi connectivity index (χ2n) is 7.90. The molecule has 7 heteroatoms. The van der Waals surface area contributed by atoms with Gasteiger partial charge in [0, 0.05) is 23.0 Å². The standard InChI is InChI=1S/C26H23ClN2O4/c27-23-13-16(14-28)9-10-21(23)25(31)24(30)11-12-29-26(32)33-15-22-19-7-3-1-5-17(19)18-6-2-4-8-20(18)22/h1-10,13,22,24-25,30-31H,11-12,15H2,(H,29,32). The van der Waals surface area contributed by atoms with Gasteiger partial charge in [-0.05, 0) is 40.8 Å². The average molecular weight is 463 g/mol. The molecule has 3 aromatic rings. The van der Waals surface area contributed by atoms with Crippen LogP contribution in [0.5, 0.6) is 0 Å². The number of aliphatic hydroxyl groups excluding tert-OH is 2. The molecular weight excluding hydrogens is 440 g/mol. The fourth-order valence-corrected chi connectivity index (χ4v) is 4.47. The molecule has 0 fully saturated rings. The van der Waals surface area contributed by atoms with Crippen LogP contribution >= 0.6 is 11.6 Å². The van der Waals surface area contributed by atoms with E-state index in [4.69, 9.17) is 21.6 Å². The van der Waals surface area contributed by atoms with Gasteiger partial charge in [0.2, 0.25) is 0 Å². The molecule has 0 aromatic heterocycles. The molecule has 0 heterocycles. The Morgan fingerprint density at radius 2 is 1.70 bits per heavy atom. The van der Waals surface area contributed by atoms with Crippen LogP contribution in [0.3, 0.4) is 0 Å². The van der Waals surface area contributed by atoms with Crippen molar-refractivity contribution in [1.29, 1.82) is 5.26 Å². The first-order valence-corrected chi connectivity index (χ1v) is 11.0. The number of hydrogen-bond acceptors (Lipinski definition) is 5. The van der Waals surface area contributed by atoms with Crippen molar-refractivity contribution in [3.05, 3.63) is 94.0 Å². The summed E-state index contributed by atoms with van der Waals surface area (Å²) in [5, 5.41) is 32.4. The summed E-state index contributed by atoms with van der Waals surface area (Å²) in [7, 11) is 0. The zero-order valence-electron chi connectivity index (χ0n) is 17.7. The van der Waals surface area contributed by atoms with Gasteiger partial charge in [-0.2, -0.15) is 5.26 Å². The molecule has 0 spiro atoms. The number of rotatable bonds is 7. The highest BCUT2D eigenvalue weighted by Gasteiger charge is 2.29. The second-order valence-corrected chi connectivity index (χ2v) is 8.31. The van der Waals surface area contributed by atoms with Crippen molar-refractivity contribution in [3.8, 4) is 17.2 Å². The lowest BCUT2D eigenvalue weighted by Gasteiger charge is -2.20. The number of fused-ring (bicyclic) bond motifs is 3. The molecule has 0 saturated carbocycles. The van der Waals surface area contributed by atoms with Crippen molar-refractivity contribution in [1.82, 2.24) is 5.32 Å². The van der Waals surface area contributed by atoms with Gasteiger partial charge in [0.25, 0.3) is 0 Å². The van der Waals surface area contributed by atoms with Crippen LogP contribution in [0.2, 0.25) is 5.02 Å². The Labute approximate surface area is 197 Å². The molecule has 1 amide bonds. The van der Waals surface area contributed by atoms with E-state index < -0.39 is 18.3 Å². The van der Waals surface area contributed by atoms with Gasteiger partial charge in [-0.15, -0.1) is 0 Å². The van der Waals surface area contributed by atoms with Gasteiger partial charge in [-0.1, -0.05) is 66.2 Å². The normalized spacial score (nSPS) is 14.0. The number of carbonyl (C=O) groups excluding carboxylic acids is 1. The minimum Gasteiger partial charge on any atom is -0.449 e. The van der Waals surface area contributed by atoms with E-state index in [2.05, 4.69) is 17.4 Å². The zero-order valence-corrected chi connectivity index (χ0v) is 18.5. The van der Waals surface area contributed by atoms with Crippen LogP contribution < -0.4 is 5.32 Å². The summed E-state index contributed by atoms with van der Waals surface area (Å²) in [6, 6.07) is 22.6. The highest BCUT2D eigenvalue weighted by atomic mass is 35.5. The number of nitrogens with one attached hydrogen (secondary N) is 1. The lowest BCUT2D eigenvalue weighted by atomic mass is 9.98. The molecule has 168 valence electrons. The number of nitriles is 1. The number of aliphatic hydroxyl groups is 2. The molecule has 6 nitrogen and oxygen atoms in total. The molecule has 0 radical (unpaired) electrons. The Hall–Kier alpha value is -3.37. The number of halogens is 1. The molecule has 0 saturated heterocycles. The maximum Gasteiger partial charge on any atom is 0.407 e. The molecule has 1 aliphatic rings. The molecule has 33 heavy (non-hydrogen) atoms. The molecular formula is C26H23ClN2O4. The molecule has 0 aliphatic heterocycles. The monoisotopic (exact) mass is 462 g/mol. The maximum atomic E-state index is 12.2. The quantitative estimate of drug-likeness (QED) is 0.478. The topological polar surface area (TPSA) is 103 Å². The molecule has 1 aliphatic carbocycles. The maximum absolute atomic E-state index is 12.2. The highest BCUT2D eigenvalue weighted by Crippen LogP contribution is 2.44. The Kier molecular flexibility index (Phi) is 6.95. The number of benzene rings is 3. The summed E-state index contributed by atoms with van der Waals surface area (Å²) in [4.78, 5) is 12.2. The molecule has 2 unspecified atom stereocenters. The summed E-state index contributed by atoms with van der Waals surface area (Å²) in [6.45, 7) is 0.314. The van der Waals surface area contributed by atoms with E-state index >= 15 is 0 Å². The van der Waals surface area contributed by atoms with Gasteiger partial charge in [-0.25, -0.2) is 4.79 Å². The summed E-state index contributed by atoms with van der Waals surface area (Å²) >= 11 is 6.09. The van der Waals surface area contributed by atoms with Crippen LogP contribution in [-0.4, -0.2) is 35.6 Å². The second kappa shape index (κ2) is 10.1. The van der Waals surface area contributed by atoms with Crippen LogP contribution in [0.15, 0.2) is 66.7 Å². The van der Waals surface area contributed by atoms with Gasteiger partial charge in [-0.3, -0.25) is 0 Å². The fraction of sp³-hybridized carbons (Fsp3) is 0.231. The Morgan fingerprint density at radius 1 is 1.06 bits per heavy atom. The number of nitrogens with zero attached hydrogens (tertiary/aromatic N) is 1. The van der Waals surface area contributed by atoms with Crippen LogP contribution in [0, 0.1) is 11.3 Å². The van der Waals surface area contributed by atoms with Crippen LogP contribution in [0.1, 0.15) is 40.7 Å². The zero-order chi connectivity index (χ0) is 23.4. The van der Waals surface area contributed by atoms with Crippen molar-refractivity contribution in [2.75, 3.05) is 13.2 Å². The van der Waals surface area contributed by atoms with Gasteiger partial charge in [0.05, 0.1) is 17.7 Å². The number of carbonyl (C=O) groups is 1. The number of ether oxygens (including phenoxy) is 1. The van der Waals surface area contributed by atoms with Crippen molar-refractivity contribution < 1.29 is 19.7 Å². The summed E-state index contributed by atoms with van der Waals surface area (Å²) in [5.41, 5.74) is 5.25. The Balaban J connectivity index is 1.29. The van der Waals surface area contributed by atoms with Gasteiger partial charge >= 0.3 is 6.09 Å². The van der Waals surface area contributed by atoms with Crippen molar-refractivity contribution in [2.24, 2.45) is 0 Å². The first kappa shape index (κ1) is 22.8. The van der Waals surface area contributed by atoms with Gasteiger partial charge in [0.1, 0.15) is 12.7 Å². The SMILES string of the molecule is N#Cc1ccc(C(O)C(O)CCNC(=O)OCC2c3ccccc3-c3ccccc32)c(Cl)c1. The summed E-state index contributed by atoms with van der Waals surface area (Å²) < 4.78 is 5.47. The van der Waals surface area contributed by atoms with Crippen LogP contribution in [-0.2, 0) is 4.74 Å². The first-order valence-electron chi connectivity index (χ1n) is 10.6. The lowest BCUT2D eigenvalue weighted by molar-refractivity contribution is 0.0137.